The lowest BCUT2D eigenvalue weighted by Crippen LogP contribution is -2.49. The summed E-state index contributed by atoms with van der Waals surface area (Å²) < 4.78 is 0. The van der Waals surface area contributed by atoms with E-state index in [4.69, 9.17) is 0 Å². The molecule has 2 unspecified atom stereocenters. The second-order valence-electron chi connectivity index (χ2n) is 5.44. The van der Waals surface area contributed by atoms with Crippen LogP contribution in [0.15, 0.2) is 30.3 Å². The van der Waals surface area contributed by atoms with Gasteiger partial charge in [-0.1, -0.05) is 43.7 Å². The Labute approximate surface area is 141 Å². The van der Waals surface area contributed by atoms with Crippen molar-refractivity contribution < 1.29 is 19.5 Å². The van der Waals surface area contributed by atoms with Crippen LogP contribution in [0.3, 0.4) is 0 Å². The van der Waals surface area contributed by atoms with Crippen LogP contribution in [0, 0.1) is 0 Å². The highest BCUT2D eigenvalue weighted by molar-refractivity contribution is 5.88. The quantitative estimate of drug-likeness (QED) is 0.447. The van der Waals surface area contributed by atoms with Crippen LogP contribution in [-0.2, 0) is 14.4 Å². The van der Waals surface area contributed by atoms with Crippen LogP contribution < -0.4 is 16.0 Å². The summed E-state index contributed by atoms with van der Waals surface area (Å²) in [5, 5.41) is 17.7. The number of hydrogen-bond acceptors (Lipinski definition) is 5. The van der Waals surface area contributed by atoms with Crippen LogP contribution in [-0.4, -0.2) is 48.9 Å². The fourth-order valence-corrected chi connectivity index (χ4v) is 2.31. The average molecular weight is 335 g/mol. The third kappa shape index (κ3) is 6.10. The largest absolute Gasteiger partial charge is 0.382 e. The first kappa shape index (κ1) is 19.8. The zero-order chi connectivity index (χ0) is 17.9. The maximum atomic E-state index is 11.9. The normalized spacial score (nSPS) is 14.3. The fourth-order valence-electron chi connectivity index (χ4n) is 2.31. The molecule has 0 aliphatic carbocycles. The Bertz CT molecular complexity index is 536. The van der Waals surface area contributed by atoms with Crippen LogP contribution >= 0.6 is 0 Å². The Morgan fingerprint density at radius 2 is 1.92 bits per heavy atom. The number of aldehydes is 1. The van der Waals surface area contributed by atoms with Gasteiger partial charge in [0.05, 0.1) is 6.54 Å². The number of amides is 2. The number of carbonyl (C=O) groups is 3. The molecule has 2 amide bonds. The molecule has 1 aromatic carbocycles. The van der Waals surface area contributed by atoms with E-state index in [9.17, 15) is 19.5 Å². The summed E-state index contributed by atoms with van der Waals surface area (Å²) in [5.74, 6) is -1.13. The van der Waals surface area contributed by atoms with Gasteiger partial charge in [-0.2, -0.15) is 0 Å². The molecule has 0 heterocycles. The van der Waals surface area contributed by atoms with Gasteiger partial charge in [0.1, 0.15) is 18.4 Å². The van der Waals surface area contributed by atoms with E-state index in [-0.39, 0.29) is 12.6 Å². The van der Waals surface area contributed by atoms with Crippen molar-refractivity contribution in [3.8, 4) is 0 Å². The molecule has 0 spiro atoms. The molecule has 0 saturated heterocycles. The number of benzene rings is 1. The van der Waals surface area contributed by atoms with Gasteiger partial charge in [0.2, 0.25) is 5.91 Å². The fraction of sp³-hybridized carbons (Fsp3) is 0.471. The highest BCUT2D eigenvalue weighted by Crippen LogP contribution is 2.09. The van der Waals surface area contributed by atoms with E-state index in [2.05, 4.69) is 16.0 Å². The molecule has 7 heteroatoms. The predicted molar refractivity (Wildman–Crippen MR) is 90.2 cm³/mol. The van der Waals surface area contributed by atoms with E-state index >= 15 is 0 Å². The van der Waals surface area contributed by atoms with Crippen molar-refractivity contribution >= 4 is 18.1 Å². The first-order valence-corrected chi connectivity index (χ1v) is 7.96. The molecule has 0 bridgehead atoms. The van der Waals surface area contributed by atoms with Gasteiger partial charge in [-0.3, -0.25) is 9.59 Å². The molecule has 4 N–H and O–H groups in total. The van der Waals surface area contributed by atoms with E-state index in [0.29, 0.717) is 18.3 Å². The number of rotatable bonds is 10. The molecule has 0 aliphatic rings. The molecule has 24 heavy (non-hydrogen) atoms. The zero-order valence-electron chi connectivity index (χ0n) is 14.0. The average Bonchev–Trinajstić information content (AvgIpc) is 2.62. The first-order valence-electron chi connectivity index (χ1n) is 7.96. The van der Waals surface area contributed by atoms with Crippen LogP contribution in [0.2, 0.25) is 0 Å². The van der Waals surface area contributed by atoms with E-state index in [1.807, 2.05) is 13.0 Å². The Hall–Kier alpha value is -2.25. The molecule has 0 aromatic heterocycles. The number of likely N-dealkylation sites (N-methyl/N-ethyl adjacent to an activating group) is 1. The van der Waals surface area contributed by atoms with Gasteiger partial charge in [-0.25, -0.2) is 0 Å². The van der Waals surface area contributed by atoms with Crippen LogP contribution in [0.4, 0.5) is 0 Å². The van der Waals surface area contributed by atoms with Crippen LogP contribution in [0.25, 0.3) is 0 Å². The predicted octanol–water partition coefficient (Wildman–Crippen LogP) is -0.0920. The van der Waals surface area contributed by atoms with E-state index in [0.717, 1.165) is 6.42 Å². The summed E-state index contributed by atoms with van der Waals surface area (Å²) in [5.41, 5.74) is 0.658. The summed E-state index contributed by atoms with van der Waals surface area (Å²) in [6.07, 6.45) is 0.841. The summed E-state index contributed by atoms with van der Waals surface area (Å²) in [6.45, 7) is 1.64. The maximum absolute atomic E-state index is 11.9. The maximum Gasteiger partial charge on any atom is 0.250 e. The summed E-state index contributed by atoms with van der Waals surface area (Å²) >= 11 is 0. The van der Waals surface area contributed by atoms with Crippen LogP contribution in [0.1, 0.15) is 31.4 Å². The Morgan fingerprint density at radius 1 is 1.25 bits per heavy atom. The van der Waals surface area contributed by atoms with Gasteiger partial charge >= 0.3 is 0 Å². The van der Waals surface area contributed by atoms with E-state index in [1.165, 1.54) is 0 Å². The highest BCUT2D eigenvalue weighted by Gasteiger charge is 2.24. The minimum absolute atomic E-state index is 0.310. The standard InChI is InChI=1S/C17H25N3O4/c1-3-7-13(18-2)16(23)17(24)19-10-15(22)20-14(11-21)12-8-5-4-6-9-12/h4-6,8-9,11,13-14,16,18,23H,3,7,10H2,1-2H3,(H,19,24)(H,20,22)/t13?,14-,16?/m1/s1. The van der Waals surface area contributed by atoms with Crippen molar-refractivity contribution in [2.75, 3.05) is 13.6 Å². The molecule has 1 rings (SSSR count). The van der Waals surface area contributed by atoms with Gasteiger partial charge in [0.15, 0.2) is 0 Å². The lowest BCUT2D eigenvalue weighted by molar-refractivity contribution is -0.133. The SMILES string of the molecule is CCCC(NC)C(O)C(=O)NCC(=O)N[C@H](C=O)c1ccccc1. The monoisotopic (exact) mass is 335 g/mol. The van der Waals surface area contributed by atoms with Crippen molar-refractivity contribution in [1.82, 2.24) is 16.0 Å². The molecule has 0 fully saturated rings. The number of nitrogens with one attached hydrogen (secondary N) is 3. The third-order valence-electron chi connectivity index (χ3n) is 3.65. The topological polar surface area (TPSA) is 108 Å². The molecule has 0 saturated carbocycles. The molecule has 0 radical (unpaired) electrons. The lowest BCUT2D eigenvalue weighted by atomic mass is 10.1. The van der Waals surface area contributed by atoms with Crippen molar-refractivity contribution in [1.29, 1.82) is 0 Å². The second kappa shape index (κ2) is 10.5. The minimum atomic E-state index is -1.24. The number of hydrogen-bond donors (Lipinski definition) is 4. The van der Waals surface area contributed by atoms with Gasteiger partial charge < -0.3 is 25.9 Å². The van der Waals surface area contributed by atoms with Gasteiger partial charge in [-0.05, 0) is 19.0 Å². The van der Waals surface area contributed by atoms with Crippen molar-refractivity contribution in [3.63, 3.8) is 0 Å². The smallest absolute Gasteiger partial charge is 0.250 e. The van der Waals surface area contributed by atoms with Crippen molar-refractivity contribution in [2.24, 2.45) is 0 Å². The molecular formula is C17H25N3O4. The second-order valence-corrected chi connectivity index (χ2v) is 5.44. The van der Waals surface area contributed by atoms with Crippen LogP contribution in [0.5, 0.6) is 0 Å². The molecule has 132 valence electrons. The van der Waals surface area contributed by atoms with Crippen molar-refractivity contribution in [3.05, 3.63) is 35.9 Å². The van der Waals surface area contributed by atoms with Gasteiger partial charge in [0, 0.05) is 6.04 Å². The summed E-state index contributed by atoms with van der Waals surface area (Å²) in [4.78, 5) is 34.9. The Balaban J connectivity index is 2.50. The minimum Gasteiger partial charge on any atom is -0.382 e. The number of carbonyl (C=O) groups excluding carboxylic acids is 3. The van der Waals surface area contributed by atoms with E-state index < -0.39 is 24.0 Å². The molecule has 0 aliphatic heterocycles. The highest BCUT2D eigenvalue weighted by atomic mass is 16.3. The number of aliphatic hydroxyl groups excluding tert-OH is 1. The summed E-state index contributed by atoms with van der Waals surface area (Å²) in [6, 6.07) is 7.65. The third-order valence-corrected chi connectivity index (χ3v) is 3.65. The number of aliphatic hydroxyl groups is 1. The molecule has 3 atom stereocenters. The molecular weight excluding hydrogens is 310 g/mol. The van der Waals surface area contributed by atoms with E-state index in [1.54, 1.807) is 31.3 Å². The van der Waals surface area contributed by atoms with Crippen molar-refractivity contribution in [2.45, 2.75) is 38.0 Å². The molecule has 1 aromatic rings. The van der Waals surface area contributed by atoms with Gasteiger partial charge in [0.25, 0.3) is 5.91 Å². The Kier molecular flexibility index (Phi) is 8.67. The lowest BCUT2D eigenvalue weighted by Gasteiger charge is -2.21. The molecule has 7 nitrogen and oxygen atoms in total. The first-order chi connectivity index (χ1) is 11.5. The summed E-state index contributed by atoms with van der Waals surface area (Å²) in [7, 11) is 1.66. The Morgan fingerprint density at radius 3 is 2.46 bits per heavy atom. The van der Waals surface area contributed by atoms with Gasteiger partial charge in [-0.15, -0.1) is 0 Å². The zero-order valence-corrected chi connectivity index (χ0v) is 14.0.